The number of fused-ring (bicyclic) bond motifs is 1. The molecule has 1 amide bonds. The van der Waals surface area contributed by atoms with E-state index in [9.17, 15) is 9.18 Å². The van der Waals surface area contributed by atoms with Crippen molar-refractivity contribution in [2.75, 3.05) is 18.5 Å². The Morgan fingerprint density at radius 3 is 2.32 bits per heavy atom. The van der Waals surface area contributed by atoms with Crippen molar-refractivity contribution in [1.82, 2.24) is 0 Å². The quantitative estimate of drug-likeness (QED) is 0.592. The second-order valence-corrected chi connectivity index (χ2v) is 8.34. The number of rotatable bonds is 5. The van der Waals surface area contributed by atoms with Crippen LogP contribution < -0.4 is 10.1 Å². The Morgan fingerprint density at radius 1 is 1.03 bits per heavy atom. The average Bonchev–Trinajstić information content (AvgIpc) is 2.76. The van der Waals surface area contributed by atoms with Crippen LogP contribution in [0.5, 0.6) is 5.75 Å². The molecule has 1 fully saturated rings. The predicted octanol–water partition coefficient (Wildman–Crippen LogP) is 5.46. The van der Waals surface area contributed by atoms with Gasteiger partial charge in [0.25, 0.3) is 0 Å². The van der Waals surface area contributed by atoms with E-state index in [1.807, 2.05) is 57.2 Å². The number of anilines is 1. The molecular weight excluding hydrogens is 397 g/mol. The Kier molecular flexibility index (Phi) is 5.94. The standard InChI is InChI=1S/C25H26FNO4/c1-16(2)31-22-13-12-21(19-6-4-5-7-20(19)22)27-24(28)25(3)14-29-23(30-15-25)17-8-10-18(26)11-9-17/h4-13,16,23H,14-15H2,1-3H3,(H,27,28). The molecule has 5 nitrogen and oxygen atoms in total. The molecule has 0 bridgehead atoms. The van der Waals surface area contributed by atoms with E-state index >= 15 is 0 Å². The number of halogens is 1. The van der Waals surface area contributed by atoms with Crippen LogP contribution in [0.3, 0.4) is 0 Å². The highest BCUT2D eigenvalue weighted by molar-refractivity contribution is 6.05. The van der Waals surface area contributed by atoms with Crippen LogP contribution in [0.25, 0.3) is 10.8 Å². The number of hydrogen-bond acceptors (Lipinski definition) is 4. The van der Waals surface area contributed by atoms with Gasteiger partial charge < -0.3 is 19.5 Å². The summed E-state index contributed by atoms with van der Waals surface area (Å²) in [6, 6.07) is 17.5. The summed E-state index contributed by atoms with van der Waals surface area (Å²) in [6.07, 6.45) is -0.567. The second kappa shape index (κ2) is 8.65. The van der Waals surface area contributed by atoms with Gasteiger partial charge >= 0.3 is 0 Å². The molecule has 3 aromatic carbocycles. The van der Waals surface area contributed by atoms with Gasteiger partial charge in [0.15, 0.2) is 6.29 Å². The van der Waals surface area contributed by atoms with Gasteiger partial charge in [-0.15, -0.1) is 0 Å². The molecule has 0 atom stereocenters. The summed E-state index contributed by atoms with van der Waals surface area (Å²) < 4.78 is 30.7. The summed E-state index contributed by atoms with van der Waals surface area (Å²) in [4.78, 5) is 13.1. The summed E-state index contributed by atoms with van der Waals surface area (Å²) >= 11 is 0. The number of amides is 1. The lowest BCUT2D eigenvalue weighted by Gasteiger charge is -2.36. The third kappa shape index (κ3) is 4.55. The van der Waals surface area contributed by atoms with Crippen molar-refractivity contribution in [1.29, 1.82) is 0 Å². The lowest BCUT2D eigenvalue weighted by Crippen LogP contribution is -2.45. The molecule has 1 aliphatic heterocycles. The first kappa shape index (κ1) is 21.3. The molecule has 1 heterocycles. The highest BCUT2D eigenvalue weighted by Crippen LogP contribution is 2.35. The Morgan fingerprint density at radius 2 is 1.68 bits per heavy atom. The highest BCUT2D eigenvalue weighted by atomic mass is 19.1. The molecule has 162 valence electrons. The highest BCUT2D eigenvalue weighted by Gasteiger charge is 2.40. The molecule has 4 rings (SSSR count). The van der Waals surface area contributed by atoms with Crippen LogP contribution >= 0.6 is 0 Å². The van der Waals surface area contributed by atoms with Crippen molar-refractivity contribution in [3.05, 3.63) is 72.0 Å². The van der Waals surface area contributed by atoms with Gasteiger partial charge in [0.1, 0.15) is 11.6 Å². The lowest BCUT2D eigenvalue weighted by atomic mass is 9.90. The number of ether oxygens (including phenoxy) is 3. The molecule has 0 aliphatic carbocycles. The molecule has 1 aliphatic rings. The number of benzene rings is 3. The normalized spacial score (nSPS) is 21.3. The molecule has 0 unspecified atom stereocenters. The van der Waals surface area contributed by atoms with Gasteiger partial charge in [-0.3, -0.25) is 4.79 Å². The van der Waals surface area contributed by atoms with Gasteiger partial charge in [0, 0.05) is 22.0 Å². The maximum Gasteiger partial charge on any atom is 0.235 e. The fourth-order valence-corrected chi connectivity index (χ4v) is 3.56. The van der Waals surface area contributed by atoms with Crippen molar-refractivity contribution in [2.45, 2.75) is 33.2 Å². The van der Waals surface area contributed by atoms with Crippen molar-refractivity contribution in [3.8, 4) is 5.75 Å². The summed E-state index contributed by atoms with van der Waals surface area (Å²) in [5.41, 5.74) is 0.569. The number of carbonyl (C=O) groups is 1. The molecule has 1 N–H and O–H groups in total. The average molecular weight is 423 g/mol. The van der Waals surface area contributed by atoms with Crippen molar-refractivity contribution in [2.24, 2.45) is 5.41 Å². The molecule has 0 aromatic heterocycles. The monoisotopic (exact) mass is 423 g/mol. The first-order valence-corrected chi connectivity index (χ1v) is 10.3. The van der Waals surface area contributed by atoms with Gasteiger partial charge in [0.05, 0.1) is 24.7 Å². The van der Waals surface area contributed by atoms with Gasteiger partial charge in [-0.25, -0.2) is 4.39 Å². The van der Waals surface area contributed by atoms with Gasteiger partial charge in [-0.1, -0.05) is 36.4 Å². The molecule has 1 saturated heterocycles. The largest absolute Gasteiger partial charge is 0.490 e. The van der Waals surface area contributed by atoms with Crippen molar-refractivity contribution in [3.63, 3.8) is 0 Å². The topological polar surface area (TPSA) is 56.8 Å². The number of carbonyl (C=O) groups excluding carboxylic acids is 1. The zero-order valence-corrected chi connectivity index (χ0v) is 17.9. The van der Waals surface area contributed by atoms with Crippen molar-refractivity contribution >= 4 is 22.4 Å². The maximum atomic E-state index is 13.1. The minimum atomic E-state index is -0.856. The second-order valence-electron chi connectivity index (χ2n) is 8.34. The summed E-state index contributed by atoms with van der Waals surface area (Å²) in [7, 11) is 0. The maximum absolute atomic E-state index is 13.1. The van der Waals surface area contributed by atoms with Gasteiger partial charge in [-0.05, 0) is 45.0 Å². The van der Waals surface area contributed by atoms with Crippen LogP contribution in [0.15, 0.2) is 60.7 Å². The first-order chi connectivity index (χ1) is 14.9. The third-order valence-electron chi connectivity index (χ3n) is 5.29. The minimum Gasteiger partial charge on any atom is -0.490 e. The van der Waals surface area contributed by atoms with E-state index < -0.39 is 11.7 Å². The minimum absolute atomic E-state index is 0.0494. The molecule has 6 heteroatoms. The Labute approximate surface area is 181 Å². The lowest BCUT2D eigenvalue weighted by molar-refractivity contribution is -0.226. The molecular formula is C25H26FNO4. The smallest absolute Gasteiger partial charge is 0.235 e. The molecule has 0 saturated carbocycles. The van der Waals surface area contributed by atoms with E-state index in [4.69, 9.17) is 14.2 Å². The fraction of sp³-hybridized carbons (Fsp3) is 0.320. The van der Waals surface area contributed by atoms with E-state index in [-0.39, 0.29) is 31.0 Å². The Bertz CT molecular complexity index is 1070. The Balaban J connectivity index is 1.49. The van der Waals surface area contributed by atoms with E-state index in [2.05, 4.69) is 5.32 Å². The van der Waals surface area contributed by atoms with Crippen LogP contribution in [0, 0.1) is 11.2 Å². The summed E-state index contributed by atoms with van der Waals surface area (Å²) in [5.74, 6) is 0.273. The number of nitrogens with one attached hydrogen (secondary N) is 1. The van der Waals surface area contributed by atoms with Crippen LogP contribution in [0.1, 0.15) is 32.6 Å². The fourth-order valence-electron chi connectivity index (χ4n) is 3.56. The predicted molar refractivity (Wildman–Crippen MR) is 117 cm³/mol. The van der Waals surface area contributed by atoms with E-state index in [1.54, 1.807) is 12.1 Å². The van der Waals surface area contributed by atoms with E-state index in [1.165, 1.54) is 12.1 Å². The SMILES string of the molecule is CC(C)Oc1ccc(NC(=O)C2(C)COC(c3ccc(F)cc3)OC2)c2ccccc12. The molecule has 0 spiro atoms. The van der Waals surface area contributed by atoms with Gasteiger partial charge in [-0.2, -0.15) is 0 Å². The van der Waals surface area contributed by atoms with E-state index in [0.29, 0.717) is 5.69 Å². The third-order valence-corrected chi connectivity index (χ3v) is 5.29. The molecule has 31 heavy (non-hydrogen) atoms. The Hall–Kier alpha value is -2.96. The number of hydrogen-bond donors (Lipinski definition) is 1. The van der Waals surface area contributed by atoms with E-state index in [0.717, 1.165) is 22.1 Å². The summed E-state index contributed by atoms with van der Waals surface area (Å²) in [5, 5.41) is 4.87. The van der Waals surface area contributed by atoms with Gasteiger partial charge in [0.2, 0.25) is 5.91 Å². The summed E-state index contributed by atoms with van der Waals surface area (Å²) in [6.45, 7) is 6.14. The van der Waals surface area contributed by atoms with Crippen LogP contribution in [-0.4, -0.2) is 25.2 Å². The first-order valence-electron chi connectivity index (χ1n) is 10.3. The van der Waals surface area contributed by atoms with Crippen LogP contribution in [0.4, 0.5) is 10.1 Å². The zero-order chi connectivity index (χ0) is 22.0. The molecule has 0 radical (unpaired) electrons. The zero-order valence-electron chi connectivity index (χ0n) is 17.9. The van der Waals surface area contributed by atoms with Crippen molar-refractivity contribution < 1.29 is 23.4 Å². The van der Waals surface area contributed by atoms with Crippen LogP contribution in [-0.2, 0) is 14.3 Å². The molecule has 3 aromatic rings. The van der Waals surface area contributed by atoms with Crippen LogP contribution in [0.2, 0.25) is 0 Å².